The van der Waals surface area contributed by atoms with Crippen LogP contribution in [0.2, 0.25) is 0 Å². The van der Waals surface area contributed by atoms with Crippen molar-refractivity contribution in [1.29, 1.82) is 0 Å². The highest BCUT2D eigenvalue weighted by Gasteiger charge is 2.28. The monoisotopic (exact) mass is 337 g/mol. The third-order valence-corrected chi connectivity index (χ3v) is 4.35. The minimum atomic E-state index is -0.757. The van der Waals surface area contributed by atoms with E-state index in [1.54, 1.807) is 13.8 Å². The van der Waals surface area contributed by atoms with Crippen molar-refractivity contribution in [3.63, 3.8) is 0 Å². The molecular weight excluding hydrogens is 310 g/mol. The first-order chi connectivity index (χ1) is 11.6. The summed E-state index contributed by atoms with van der Waals surface area (Å²) in [6, 6.07) is 18.8. The average molecular weight is 337 g/mol. The van der Waals surface area contributed by atoms with E-state index in [2.05, 4.69) is 54.1 Å². The Kier molecular flexibility index (Phi) is 4.38. The Labute approximate surface area is 149 Å². The van der Waals surface area contributed by atoms with Crippen LogP contribution in [0.25, 0.3) is 22.2 Å². The SMILES string of the molecule is Cn1c(-c2ccc(OC(C)(C)CC(C)(C)O)cc2)cc2ccccc21. The fourth-order valence-corrected chi connectivity index (χ4v) is 3.66. The van der Waals surface area contributed by atoms with E-state index in [1.807, 2.05) is 26.0 Å². The molecule has 0 bridgehead atoms. The van der Waals surface area contributed by atoms with Crippen molar-refractivity contribution < 1.29 is 9.84 Å². The van der Waals surface area contributed by atoms with Crippen molar-refractivity contribution in [2.24, 2.45) is 7.05 Å². The third kappa shape index (κ3) is 4.05. The molecule has 0 aliphatic rings. The topological polar surface area (TPSA) is 34.4 Å². The van der Waals surface area contributed by atoms with Gasteiger partial charge in [-0.2, -0.15) is 0 Å². The summed E-state index contributed by atoms with van der Waals surface area (Å²) in [6.45, 7) is 7.62. The van der Waals surface area contributed by atoms with E-state index < -0.39 is 11.2 Å². The van der Waals surface area contributed by atoms with Gasteiger partial charge in [0.25, 0.3) is 0 Å². The predicted octanol–water partition coefficient (Wildman–Crippen LogP) is 5.16. The van der Waals surface area contributed by atoms with Crippen molar-refractivity contribution >= 4 is 10.9 Å². The fourth-order valence-electron chi connectivity index (χ4n) is 3.66. The van der Waals surface area contributed by atoms with Gasteiger partial charge in [-0.15, -0.1) is 0 Å². The maximum absolute atomic E-state index is 10.0. The highest BCUT2D eigenvalue weighted by atomic mass is 16.5. The van der Waals surface area contributed by atoms with Gasteiger partial charge < -0.3 is 14.4 Å². The van der Waals surface area contributed by atoms with Gasteiger partial charge in [0.1, 0.15) is 11.4 Å². The number of fused-ring (bicyclic) bond motifs is 1. The van der Waals surface area contributed by atoms with Gasteiger partial charge in [-0.05, 0) is 69.7 Å². The van der Waals surface area contributed by atoms with Crippen LogP contribution in [0.15, 0.2) is 54.6 Å². The normalized spacial score (nSPS) is 12.6. The second kappa shape index (κ2) is 6.23. The minimum Gasteiger partial charge on any atom is -0.488 e. The van der Waals surface area contributed by atoms with Crippen LogP contribution in [0.5, 0.6) is 5.75 Å². The fraction of sp³-hybridized carbons (Fsp3) is 0.364. The molecule has 0 radical (unpaired) electrons. The molecule has 0 saturated carbocycles. The molecule has 25 heavy (non-hydrogen) atoms. The predicted molar refractivity (Wildman–Crippen MR) is 104 cm³/mol. The Morgan fingerprint density at radius 2 is 1.60 bits per heavy atom. The van der Waals surface area contributed by atoms with Gasteiger partial charge in [-0.25, -0.2) is 0 Å². The first-order valence-electron chi connectivity index (χ1n) is 8.71. The summed E-state index contributed by atoms with van der Waals surface area (Å²) < 4.78 is 8.30. The van der Waals surface area contributed by atoms with Crippen LogP contribution in [0.3, 0.4) is 0 Å². The van der Waals surface area contributed by atoms with E-state index in [0.717, 1.165) is 11.3 Å². The molecular formula is C22H27NO2. The quantitative estimate of drug-likeness (QED) is 0.697. The first-order valence-corrected chi connectivity index (χ1v) is 8.71. The van der Waals surface area contributed by atoms with Gasteiger partial charge in [0.05, 0.1) is 5.60 Å². The Bertz CT molecular complexity index is 867. The highest BCUT2D eigenvalue weighted by Crippen LogP contribution is 2.30. The Balaban J connectivity index is 1.83. The molecule has 1 aromatic heterocycles. The van der Waals surface area contributed by atoms with Crippen molar-refractivity contribution in [3.05, 3.63) is 54.6 Å². The molecule has 3 nitrogen and oxygen atoms in total. The van der Waals surface area contributed by atoms with Gasteiger partial charge in [-0.3, -0.25) is 0 Å². The van der Waals surface area contributed by atoms with Gasteiger partial charge in [0.15, 0.2) is 0 Å². The van der Waals surface area contributed by atoms with Crippen LogP contribution < -0.4 is 4.74 Å². The second-order valence-corrected chi connectivity index (χ2v) is 8.02. The molecule has 2 aromatic carbocycles. The number of para-hydroxylation sites is 1. The third-order valence-electron chi connectivity index (χ3n) is 4.35. The molecule has 132 valence electrons. The number of ether oxygens (including phenoxy) is 1. The van der Waals surface area contributed by atoms with Crippen LogP contribution in [0, 0.1) is 0 Å². The summed E-state index contributed by atoms with van der Waals surface area (Å²) in [5, 5.41) is 11.3. The standard InChI is InChI=1S/C22H27NO2/c1-21(2,24)15-22(3,4)25-18-12-10-16(11-13-18)20-14-17-8-6-7-9-19(17)23(20)5/h6-14,24H,15H2,1-5H3. The lowest BCUT2D eigenvalue weighted by molar-refractivity contribution is -0.0106. The van der Waals surface area contributed by atoms with Gasteiger partial charge in [0.2, 0.25) is 0 Å². The summed E-state index contributed by atoms with van der Waals surface area (Å²) >= 11 is 0. The minimum absolute atomic E-state index is 0.431. The molecule has 1 N–H and O–H groups in total. The van der Waals surface area contributed by atoms with Gasteiger partial charge >= 0.3 is 0 Å². The number of benzene rings is 2. The number of aryl methyl sites for hydroxylation is 1. The lowest BCUT2D eigenvalue weighted by atomic mass is 9.92. The van der Waals surface area contributed by atoms with E-state index in [1.165, 1.54) is 16.6 Å². The van der Waals surface area contributed by atoms with Crippen molar-refractivity contribution in [3.8, 4) is 17.0 Å². The maximum Gasteiger partial charge on any atom is 0.120 e. The molecule has 0 fully saturated rings. The van der Waals surface area contributed by atoms with Crippen LogP contribution in [0.4, 0.5) is 0 Å². The number of hydrogen-bond acceptors (Lipinski definition) is 2. The number of aromatic nitrogens is 1. The van der Waals surface area contributed by atoms with Crippen molar-refractivity contribution in [1.82, 2.24) is 4.57 Å². The molecule has 0 aliphatic heterocycles. The van der Waals surface area contributed by atoms with Gasteiger partial charge in [0, 0.05) is 30.1 Å². The van der Waals surface area contributed by atoms with Crippen molar-refractivity contribution in [2.75, 3.05) is 0 Å². The average Bonchev–Trinajstić information content (AvgIpc) is 2.83. The summed E-state index contributed by atoms with van der Waals surface area (Å²) in [5.41, 5.74) is 2.38. The molecule has 3 aromatic rings. The molecule has 0 amide bonds. The summed E-state index contributed by atoms with van der Waals surface area (Å²) in [7, 11) is 2.09. The van der Waals surface area contributed by atoms with Crippen LogP contribution >= 0.6 is 0 Å². The molecule has 0 unspecified atom stereocenters. The Hall–Kier alpha value is -2.26. The number of nitrogens with zero attached hydrogens (tertiary/aromatic N) is 1. The van der Waals surface area contributed by atoms with Crippen LogP contribution in [-0.2, 0) is 7.05 Å². The lowest BCUT2D eigenvalue weighted by Crippen LogP contribution is -2.37. The molecule has 0 spiro atoms. The number of rotatable bonds is 5. The number of aliphatic hydroxyl groups is 1. The van der Waals surface area contributed by atoms with E-state index in [0.29, 0.717) is 6.42 Å². The smallest absolute Gasteiger partial charge is 0.120 e. The zero-order valence-corrected chi connectivity index (χ0v) is 15.7. The summed E-state index contributed by atoms with van der Waals surface area (Å²) in [4.78, 5) is 0. The summed E-state index contributed by atoms with van der Waals surface area (Å²) in [5.74, 6) is 0.816. The Morgan fingerprint density at radius 3 is 2.20 bits per heavy atom. The van der Waals surface area contributed by atoms with Crippen LogP contribution in [0.1, 0.15) is 34.1 Å². The highest BCUT2D eigenvalue weighted by molar-refractivity contribution is 5.86. The molecule has 3 rings (SSSR count). The lowest BCUT2D eigenvalue weighted by Gasteiger charge is -2.32. The number of hydrogen-bond donors (Lipinski definition) is 1. The van der Waals surface area contributed by atoms with E-state index in [4.69, 9.17) is 4.74 Å². The molecule has 0 atom stereocenters. The molecule has 1 heterocycles. The zero-order valence-electron chi connectivity index (χ0n) is 15.7. The maximum atomic E-state index is 10.0. The Morgan fingerprint density at radius 1 is 0.960 bits per heavy atom. The van der Waals surface area contributed by atoms with E-state index in [-0.39, 0.29) is 0 Å². The van der Waals surface area contributed by atoms with E-state index >= 15 is 0 Å². The molecule has 0 saturated heterocycles. The molecule has 0 aliphatic carbocycles. The largest absolute Gasteiger partial charge is 0.488 e. The zero-order chi connectivity index (χ0) is 18.2. The second-order valence-electron chi connectivity index (χ2n) is 8.02. The van der Waals surface area contributed by atoms with Crippen molar-refractivity contribution in [2.45, 2.75) is 45.3 Å². The molecule has 3 heteroatoms. The summed E-state index contributed by atoms with van der Waals surface area (Å²) in [6.07, 6.45) is 0.560. The van der Waals surface area contributed by atoms with E-state index in [9.17, 15) is 5.11 Å². The first kappa shape index (κ1) is 17.6. The van der Waals surface area contributed by atoms with Gasteiger partial charge in [-0.1, -0.05) is 18.2 Å². The van der Waals surface area contributed by atoms with Crippen LogP contribution in [-0.4, -0.2) is 20.9 Å².